The Morgan fingerprint density at radius 3 is 2.78 bits per heavy atom. The number of rotatable bonds is 6. The van der Waals surface area contributed by atoms with E-state index in [1.54, 1.807) is 38.2 Å². The van der Waals surface area contributed by atoms with Crippen LogP contribution in [0.15, 0.2) is 24.3 Å². The van der Waals surface area contributed by atoms with Crippen LogP contribution in [0.4, 0.5) is 0 Å². The molecule has 0 saturated carbocycles. The molecule has 0 radical (unpaired) electrons. The molecule has 1 N–H and O–H groups in total. The number of amides is 1. The minimum atomic E-state index is -0.603. The first kappa shape index (κ1) is 14.8. The van der Waals surface area contributed by atoms with Gasteiger partial charge in [0.2, 0.25) is 0 Å². The number of aliphatic hydroxyl groups excluding tert-OH is 1. The van der Waals surface area contributed by atoms with Gasteiger partial charge in [-0.3, -0.25) is 4.79 Å². The molecule has 4 nitrogen and oxygen atoms in total. The monoisotopic (exact) mass is 271 g/mol. The summed E-state index contributed by atoms with van der Waals surface area (Å²) >= 11 is 5.95. The number of benzene rings is 1. The lowest BCUT2D eigenvalue weighted by molar-refractivity contribution is -0.136. The number of halogens is 1. The third kappa shape index (κ3) is 4.20. The minimum absolute atomic E-state index is 0.0668. The molecular weight excluding hydrogens is 254 g/mol. The van der Waals surface area contributed by atoms with Gasteiger partial charge in [0.25, 0.3) is 5.91 Å². The van der Waals surface area contributed by atoms with Crippen molar-refractivity contribution in [1.82, 2.24) is 4.90 Å². The number of nitrogens with zero attached hydrogens (tertiary/aromatic N) is 1. The highest BCUT2D eigenvalue weighted by atomic mass is 35.5. The van der Waals surface area contributed by atoms with E-state index in [-0.39, 0.29) is 12.5 Å². The fraction of sp³-hybridized carbons (Fsp3) is 0.462. The van der Waals surface area contributed by atoms with Crippen LogP contribution in [0.5, 0.6) is 5.75 Å². The second-order valence-electron chi connectivity index (χ2n) is 4.03. The van der Waals surface area contributed by atoms with E-state index < -0.39 is 6.10 Å². The second-order valence-corrected chi connectivity index (χ2v) is 4.43. The highest BCUT2D eigenvalue weighted by Crippen LogP contribution is 2.24. The molecule has 1 atom stereocenters. The second kappa shape index (κ2) is 7.24. The van der Waals surface area contributed by atoms with Gasteiger partial charge in [-0.1, -0.05) is 23.7 Å². The predicted molar refractivity (Wildman–Crippen MR) is 70.9 cm³/mol. The van der Waals surface area contributed by atoms with Gasteiger partial charge in [0.05, 0.1) is 5.02 Å². The van der Waals surface area contributed by atoms with Crippen LogP contribution in [-0.4, -0.2) is 42.2 Å². The van der Waals surface area contributed by atoms with Crippen molar-refractivity contribution in [2.75, 3.05) is 20.2 Å². The summed E-state index contributed by atoms with van der Waals surface area (Å²) in [5.41, 5.74) is 0. The van der Waals surface area contributed by atoms with Crippen LogP contribution in [0.3, 0.4) is 0 Å². The quantitative estimate of drug-likeness (QED) is 0.860. The number of carbonyl (C=O) groups is 1. The van der Waals surface area contributed by atoms with Crippen molar-refractivity contribution in [3.05, 3.63) is 29.3 Å². The first-order valence-electron chi connectivity index (χ1n) is 5.83. The number of hydrogen-bond donors (Lipinski definition) is 1. The van der Waals surface area contributed by atoms with Crippen molar-refractivity contribution in [3.8, 4) is 5.75 Å². The standard InChI is InChI=1S/C13H18ClNO3/c1-10(13(17)15(2)8-5-9-16)18-12-7-4-3-6-11(12)14/h3-4,6-7,10,16H,5,8-9H2,1-2H3. The van der Waals surface area contributed by atoms with Crippen LogP contribution in [0.1, 0.15) is 13.3 Å². The van der Waals surface area contributed by atoms with Gasteiger partial charge in [0, 0.05) is 20.2 Å². The Kier molecular flexibility index (Phi) is 5.95. The molecular formula is C13H18ClNO3. The normalized spacial score (nSPS) is 12.0. The van der Waals surface area contributed by atoms with E-state index in [0.29, 0.717) is 23.7 Å². The van der Waals surface area contributed by atoms with Crippen molar-refractivity contribution >= 4 is 17.5 Å². The van der Waals surface area contributed by atoms with Gasteiger partial charge in [-0.05, 0) is 25.5 Å². The molecule has 0 spiro atoms. The summed E-state index contributed by atoms with van der Waals surface area (Å²) in [6.45, 7) is 2.25. The summed E-state index contributed by atoms with van der Waals surface area (Å²) in [5.74, 6) is 0.360. The first-order chi connectivity index (χ1) is 8.56. The maximum Gasteiger partial charge on any atom is 0.263 e. The van der Waals surface area contributed by atoms with E-state index >= 15 is 0 Å². The molecule has 5 heteroatoms. The van der Waals surface area contributed by atoms with Crippen LogP contribution >= 0.6 is 11.6 Å². The van der Waals surface area contributed by atoms with Crippen LogP contribution in [-0.2, 0) is 4.79 Å². The van der Waals surface area contributed by atoms with E-state index in [2.05, 4.69) is 0 Å². The Morgan fingerprint density at radius 2 is 2.17 bits per heavy atom. The average Bonchev–Trinajstić information content (AvgIpc) is 2.37. The van der Waals surface area contributed by atoms with Gasteiger partial charge in [-0.25, -0.2) is 0 Å². The first-order valence-corrected chi connectivity index (χ1v) is 6.21. The summed E-state index contributed by atoms with van der Waals surface area (Å²) in [6, 6.07) is 7.03. The molecule has 0 saturated heterocycles. The van der Waals surface area contributed by atoms with Gasteiger partial charge in [0.15, 0.2) is 6.10 Å². The fourth-order valence-electron chi connectivity index (χ4n) is 1.51. The molecule has 1 aromatic rings. The maximum atomic E-state index is 11.9. The Balaban J connectivity index is 2.57. The lowest BCUT2D eigenvalue weighted by atomic mass is 10.3. The Labute approximate surface area is 112 Å². The molecule has 1 rings (SSSR count). The number of para-hydroxylation sites is 1. The van der Waals surface area contributed by atoms with Crippen LogP contribution < -0.4 is 4.74 Å². The van der Waals surface area contributed by atoms with Crippen LogP contribution in [0, 0.1) is 0 Å². The molecule has 0 heterocycles. The van der Waals surface area contributed by atoms with E-state index in [4.69, 9.17) is 21.4 Å². The van der Waals surface area contributed by atoms with Gasteiger partial charge < -0.3 is 14.7 Å². The van der Waals surface area contributed by atoms with E-state index in [1.807, 2.05) is 0 Å². The Bertz CT molecular complexity index is 398. The highest BCUT2D eigenvalue weighted by molar-refractivity contribution is 6.32. The van der Waals surface area contributed by atoms with Gasteiger partial charge in [-0.15, -0.1) is 0 Å². The fourth-order valence-corrected chi connectivity index (χ4v) is 1.69. The predicted octanol–water partition coefficient (Wildman–Crippen LogP) is 1.95. The van der Waals surface area contributed by atoms with Crippen molar-refractivity contribution < 1.29 is 14.6 Å². The van der Waals surface area contributed by atoms with Gasteiger partial charge in [0.1, 0.15) is 5.75 Å². The minimum Gasteiger partial charge on any atom is -0.479 e. The number of carbonyl (C=O) groups excluding carboxylic acids is 1. The largest absolute Gasteiger partial charge is 0.479 e. The lowest BCUT2D eigenvalue weighted by Crippen LogP contribution is -2.38. The summed E-state index contributed by atoms with van der Waals surface area (Å²) in [7, 11) is 1.68. The third-order valence-electron chi connectivity index (χ3n) is 2.52. The number of likely N-dealkylation sites (N-methyl/N-ethyl adjacent to an activating group) is 1. The molecule has 18 heavy (non-hydrogen) atoms. The van der Waals surface area contributed by atoms with Crippen molar-refractivity contribution in [1.29, 1.82) is 0 Å². The Hall–Kier alpha value is -1.26. The zero-order valence-electron chi connectivity index (χ0n) is 10.6. The molecule has 0 fully saturated rings. The molecule has 1 unspecified atom stereocenters. The molecule has 1 amide bonds. The number of hydrogen-bond acceptors (Lipinski definition) is 3. The molecule has 100 valence electrons. The summed E-state index contributed by atoms with van der Waals surface area (Å²) < 4.78 is 5.52. The average molecular weight is 272 g/mol. The zero-order chi connectivity index (χ0) is 13.5. The third-order valence-corrected chi connectivity index (χ3v) is 2.83. The Morgan fingerprint density at radius 1 is 1.50 bits per heavy atom. The zero-order valence-corrected chi connectivity index (χ0v) is 11.4. The van der Waals surface area contributed by atoms with Gasteiger partial charge in [-0.2, -0.15) is 0 Å². The topological polar surface area (TPSA) is 49.8 Å². The highest BCUT2D eigenvalue weighted by Gasteiger charge is 2.19. The van der Waals surface area contributed by atoms with Crippen molar-refractivity contribution in [2.45, 2.75) is 19.4 Å². The summed E-state index contributed by atoms with van der Waals surface area (Å²) in [5, 5.41) is 9.20. The van der Waals surface area contributed by atoms with Crippen LogP contribution in [0.2, 0.25) is 5.02 Å². The van der Waals surface area contributed by atoms with Crippen molar-refractivity contribution in [2.24, 2.45) is 0 Å². The molecule has 1 aromatic carbocycles. The van der Waals surface area contributed by atoms with E-state index in [0.717, 1.165) is 0 Å². The molecule has 0 aliphatic carbocycles. The molecule has 0 aliphatic heterocycles. The lowest BCUT2D eigenvalue weighted by Gasteiger charge is -2.22. The SMILES string of the molecule is CC(Oc1ccccc1Cl)C(=O)N(C)CCCO. The number of ether oxygens (including phenoxy) is 1. The van der Waals surface area contributed by atoms with Crippen molar-refractivity contribution in [3.63, 3.8) is 0 Å². The molecule has 0 aliphatic rings. The summed E-state index contributed by atoms with van der Waals surface area (Å²) in [4.78, 5) is 13.5. The molecule has 0 bridgehead atoms. The smallest absolute Gasteiger partial charge is 0.263 e. The van der Waals surface area contributed by atoms with E-state index in [1.165, 1.54) is 4.90 Å². The van der Waals surface area contributed by atoms with E-state index in [9.17, 15) is 4.79 Å². The maximum absolute atomic E-state index is 11.9. The van der Waals surface area contributed by atoms with Crippen LogP contribution in [0.25, 0.3) is 0 Å². The number of aliphatic hydroxyl groups is 1. The van der Waals surface area contributed by atoms with Gasteiger partial charge >= 0.3 is 0 Å². The summed E-state index contributed by atoms with van der Waals surface area (Å²) in [6.07, 6.45) is -0.0466. The molecule has 0 aromatic heterocycles.